The Kier molecular flexibility index (Phi) is 4.35. The van der Waals surface area contributed by atoms with Crippen molar-refractivity contribution in [3.8, 4) is 6.07 Å². The molecular formula is C18H25N3OS. The molecule has 2 N–H and O–H groups in total. The average Bonchev–Trinajstić information content (AvgIpc) is 2.80. The van der Waals surface area contributed by atoms with Gasteiger partial charge in [0, 0.05) is 0 Å². The molecule has 0 amide bonds. The molecule has 3 rings (SSSR count). The van der Waals surface area contributed by atoms with Crippen molar-refractivity contribution in [2.45, 2.75) is 50.8 Å². The van der Waals surface area contributed by atoms with Crippen LogP contribution >= 0.6 is 0 Å². The van der Waals surface area contributed by atoms with E-state index in [-0.39, 0.29) is 16.2 Å². The minimum absolute atomic E-state index is 0.00416. The number of benzene rings is 1. The Morgan fingerprint density at radius 3 is 2.65 bits per heavy atom. The van der Waals surface area contributed by atoms with Gasteiger partial charge < -0.3 is 5.32 Å². The van der Waals surface area contributed by atoms with Crippen molar-refractivity contribution in [3.05, 3.63) is 34.9 Å². The maximum absolute atomic E-state index is 12.8. The van der Waals surface area contributed by atoms with Gasteiger partial charge in [-0.3, -0.25) is 0 Å². The Bertz CT molecular complexity index is 666. The molecule has 2 aliphatic rings. The number of nitrogens with one attached hydrogen (secondary N) is 2. The molecule has 1 spiro atoms. The zero-order valence-corrected chi connectivity index (χ0v) is 14.9. The van der Waals surface area contributed by atoms with E-state index in [9.17, 15) is 9.47 Å². The van der Waals surface area contributed by atoms with Crippen LogP contribution in [0.5, 0.6) is 0 Å². The van der Waals surface area contributed by atoms with Crippen molar-refractivity contribution < 1.29 is 4.21 Å². The number of fused-ring (bicyclic) bond motifs is 1. The van der Waals surface area contributed by atoms with E-state index in [1.54, 1.807) is 0 Å². The first-order chi connectivity index (χ1) is 10.9. The lowest BCUT2D eigenvalue weighted by Gasteiger charge is -2.40. The molecule has 23 heavy (non-hydrogen) atoms. The maximum atomic E-state index is 12.8. The molecule has 1 aromatic rings. The Hall–Kier alpha value is -1.22. The number of piperidine rings is 1. The minimum atomic E-state index is -1.15. The van der Waals surface area contributed by atoms with Crippen LogP contribution in [0, 0.1) is 16.7 Å². The molecule has 4 nitrogen and oxygen atoms in total. The summed E-state index contributed by atoms with van der Waals surface area (Å²) in [6, 6.07) is 8.31. The smallest absolute Gasteiger partial charge is 0.0995 e. The molecule has 2 atom stereocenters. The van der Waals surface area contributed by atoms with Gasteiger partial charge in [-0.05, 0) is 75.7 Å². The summed E-state index contributed by atoms with van der Waals surface area (Å²) in [6.45, 7) is 7.91. The fraction of sp³-hybridized carbons (Fsp3) is 0.611. The number of hydrogen-bond donors (Lipinski definition) is 2. The van der Waals surface area contributed by atoms with E-state index >= 15 is 0 Å². The Labute approximate surface area is 141 Å². The normalized spacial score (nSPS) is 24.2. The lowest BCUT2D eigenvalue weighted by atomic mass is 9.73. The second kappa shape index (κ2) is 6.01. The summed E-state index contributed by atoms with van der Waals surface area (Å²) in [6.07, 6.45) is 3.07. The van der Waals surface area contributed by atoms with Gasteiger partial charge in [0.25, 0.3) is 0 Å². The quantitative estimate of drug-likeness (QED) is 0.875. The Morgan fingerprint density at radius 2 is 2.04 bits per heavy atom. The fourth-order valence-electron chi connectivity index (χ4n) is 3.85. The van der Waals surface area contributed by atoms with Crippen LogP contribution in [-0.2, 0) is 17.4 Å². The molecule has 0 radical (unpaired) electrons. The van der Waals surface area contributed by atoms with Crippen LogP contribution in [0.4, 0.5) is 0 Å². The van der Waals surface area contributed by atoms with Crippen LogP contribution in [0.15, 0.2) is 18.2 Å². The van der Waals surface area contributed by atoms with Crippen molar-refractivity contribution in [3.63, 3.8) is 0 Å². The van der Waals surface area contributed by atoms with Gasteiger partial charge in [0.05, 0.1) is 33.4 Å². The third kappa shape index (κ3) is 2.96. The van der Waals surface area contributed by atoms with E-state index in [1.165, 1.54) is 5.56 Å². The molecule has 1 aliphatic heterocycles. The predicted octanol–water partition coefficient (Wildman–Crippen LogP) is 2.58. The standard InChI is InChI=1S/C18H25N3OS/c1-17(2,3)23(22)21-16-15-13(5-4-6-14(15)12-19)11-18(16)7-9-20-10-8-18/h4-6,16,20-21H,7-11H2,1-3H3/t16-,23?/m1/s1. The number of nitrogens with zero attached hydrogens (tertiary/aromatic N) is 1. The molecule has 0 saturated carbocycles. The molecule has 1 fully saturated rings. The van der Waals surface area contributed by atoms with Crippen molar-refractivity contribution in [1.29, 1.82) is 5.26 Å². The van der Waals surface area contributed by atoms with Gasteiger partial charge in [-0.25, -0.2) is 8.93 Å². The number of nitriles is 1. The van der Waals surface area contributed by atoms with Crippen LogP contribution in [0.2, 0.25) is 0 Å². The molecule has 124 valence electrons. The second-order valence-corrected chi connectivity index (χ2v) is 9.71. The van der Waals surface area contributed by atoms with Gasteiger partial charge in [0.2, 0.25) is 0 Å². The topological polar surface area (TPSA) is 64.9 Å². The first-order valence-electron chi connectivity index (χ1n) is 8.28. The molecule has 1 unspecified atom stereocenters. The van der Waals surface area contributed by atoms with E-state index in [0.29, 0.717) is 0 Å². The molecule has 5 heteroatoms. The van der Waals surface area contributed by atoms with Gasteiger partial charge in [0.1, 0.15) is 0 Å². The summed E-state index contributed by atoms with van der Waals surface area (Å²) in [4.78, 5) is 0. The summed E-state index contributed by atoms with van der Waals surface area (Å²) < 4.78 is 15.8. The maximum Gasteiger partial charge on any atom is 0.0995 e. The Morgan fingerprint density at radius 1 is 1.35 bits per heavy atom. The zero-order chi connectivity index (χ0) is 16.7. The van der Waals surface area contributed by atoms with Gasteiger partial charge in [-0.2, -0.15) is 5.26 Å². The summed E-state index contributed by atoms with van der Waals surface area (Å²) in [7, 11) is -1.15. The number of rotatable bonds is 2. The van der Waals surface area contributed by atoms with Gasteiger partial charge >= 0.3 is 0 Å². The highest BCUT2D eigenvalue weighted by Gasteiger charge is 2.48. The molecule has 0 bridgehead atoms. The molecular weight excluding hydrogens is 306 g/mol. The van der Waals surface area contributed by atoms with E-state index in [0.717, 1.165) is 43.5 Å². The molecule has 1 aliphatic carbocycles. The first kappa shape index (κ1) is 16.6. The zero-order valence-electron chi connectivity index (χ0n) is 14.1. The van der Waals surface area contributed by atoms with Crippen molar-refractivity contribution in [2.75, 3.05) is 13.1 Å². The SMILES string of the molecule is CC(C)(C)S(=O)N[C@@H]1c2c(C#N)cccc2CC12CCNCC2. The summed E-state index contributed by atoms with van der Waals surface area (Å²) >= 11 is 0. The van der Waals surface area contributed by atoms with Gasteiger partial charge in [-0.1, -0.05) is 12.1 Å². The fourth-order valence-corrected chi connectivity index (χ4v) is 4.79. The molecule has 1 heterocycles. The van der Waals surface area contributed by atoms with Crippen molar-refractivity contribution >= 4 is 11.0 Å². The third-order valence-electron chi connectivity index (χ3n) is 5.14. The van der Waals surface area contributed by atoms with Crippen LogP contribution in [0.25, 0.3) is 0 Å². The largest absolute Gasteiger partial charge is 0.317 e. The highest BCUT2D eigenvalue weighted by molar-refractivity contribution is 7.84. The lowest BCUT2D eigenvalue weighted by Crippen LogP contribution is -2.46. The predicted molar refractivity (Wildman–Crippen MR) is 93.2 cm³/mol. The highest BCUT2D eigenvalue weighted by atomic mass is 32.2. The van der Waals surface area contributed by atoms with Crippen LogP contribution in [0.3, 0.4) is 0 Å². The van der Waals surface area contributed by atoms with Gasteiger partial charge in [0.15, 0.2) is 0 Å². The Balaban J connectivity index is 2.04. The molecule has 1 saturated heterocycles. The van der Waals surface area contributed by atoms with E-state index in [2.05, 4.69) is 22.2 Å². The second-order valence-electron chi connectivity index (χ2n) is 7.71. The highest BCUT2D eigenvalue weighted by Crippen LogP contribution is 2.52. The van der Waals surface area contributed by atoms with E-state index < -0.39 is 11.0 Å². The first-order valence-corrected chi connectivity index (χ1v) is 9.43. The third-order valence-corrected chi connectivity index (χ3v) is 6.70. The molecule has 0 aromatic heterocycles. The number of hydrogen-bond acceptors (Lipinski definition) is 3. The summed E-state index contributed by atoms with van der Waals surface area (Å²) in [5, 5.41) is 13.0. The van der Waals surface area contributed by atoms with E-state index in [4.69, 9.17) is 0 Å². The molecule has 1 aromatic carbocycles. The monoisotopic (exact) mass is 331 g/mol. The summed E-state index contributed by atoms with van der Waals surface area (Å²) in [5.41, 5.74) is 3.12. The van der Waals surface area contributed by atoms with E-state index in [1.807, 2.05) is 32.9 Å². The van der Waals surface area contributed by atoms with Crippen LogP contribution < -0.4 is 10.0 Å². The van der Waals surface area contributed by atoms with Crippen molar-refractivity contribution in [2.24, 2.45) is 5.41 Å². The van der Waals surface area contributed by atoms with Crippen LogP contribution in [-0.4, -0.2) is 22.0 Å². The lowest BCUT2D eigenvalue weighted by molar-refractivity contribution is 0.164. The average molecular weight is 331 g/mol. The van der Waals surface area contributed by atoms with Gasteiger partial charge in [-0.15, -0.1) is 0 Å². The summed E-state index contributed by atoms with van der Waals surface area (Å²) in [5.74, 6) is 0. The van der Waals surface area contributed by atoms with Crippen LogP contribution in [0.1, 0.15) is 56.3 Å². The van der Waals surface area contributed by atoms with Crippen molar-refractivity contribution in [1.82, 2.24) is 10.0 Å². The minimum Gasteiger partial charge on any atom is -0.317 e.